The molecular weight excluding hydrogens is 490 g/mol. The van der Waals surface area contributed by atoms with E-state index < -0.39 is 10.8 Å². The number of nitrogens with one attached hydrogen (secondary N) is 2. The first-order valence-corrected chi connectivity index (χ1v) is 11.1. The molecule has 10 nitrogen and oxygen atoms in total. The molecular formula is C22H22BrN7O3. The average molecular weight is 512 g/mol. The molecule has 0 unspecified atom stereocenters. The Morgan fingerprint density at radius 3 is 2.42 bits per heavy atom. The Morgan fingerprint density at radius 2 is 1.73 bits per heavy atom. The largest absolute Gasteiger partial charge is 0.355 e. The van der Waals surface area contributed by atoms with Gasteiger partial charge in [0.05, 0.1) is 10.5 Å². The van der Waals surface area contributed by atoms with Gasteiger partial charge in [-0.05, 0) is 33.6 Å². The van der Waals surface area contributed by atoms with Crippen LogP contribution in [0.25, 0.3) is 0 Å². The van der Waals surface area contributed by atoms with Gasteiger partial charge in [-0.25, -0.2) is 9.97 Å². The lowest BCUT2D eigenvalue weighted by atomic mass is 10.2. The minimum Gasteiger partial charge on any atom is -0.348 e. The zero-order valence-corrected chi connectivity index (χ0v) is 19.2. The first-order valence-electron chi connectivity index (χ1n) is 10.3. The number of hydrogen-bond donors (Lipinski definition) is 2. The van der Waals surface area contributed by atoms with Crippen molar-refractivity contribution in [2.24, 2.45) is 0 Å². The van der Waals surface area contributed by atoms with Crippen LogP contribution in [0.4, 0.5) is 17.3 Å². The summed E-state index contributed by atoms with van der Waals surface area (Å²) < 4.78 is 0.607. The lowest BCUT2D eigenvalue weighted by molar-refractivity contribution is -0.383. The van der Waals surface area contributed by atoms with Crippen molar-refractivity contribution in [1.82, 2.24) is 20.3 Å². The Bertz CT molecular complexity index is 1140. The van der Waals surface area contributed by atoms with Crippen molar-refractivity contribution >= 4 is 39.2 Å². The number of amides is 1. The fourth-order valence-electron chi connectivity index (χ4n) is 3.65. The number of aromatic nitrogens is 2. The van der Waals surface area contributed by atoms with Crippen LogP contribution in [-0.4, -0.2) is 51.9 Å². The number of nitrogens with zero attached hydrogens (tertiary/aromatic N) is 5. The van der Waals surface area contributed by atoms with Gasteiger partial charge in [0.25, 0.3) is 5.91 Å². The second-order valence-corrected chi connectivity index (χ2v) is 8.31. The first kappa shape index (κ1) is 22.6. The summed E-state index contributed by atoms with van der Waals surface area (Å²) in [7, 11) is 0. The van der Waals surface area contributed by atoms with Gasteiger partial charge in [0.2, 0.25) is 11.6 Å². The van der Waals surface area contributed by atoms with Gasteiger partial charge >= 0.3 is 5.69 Å². The molecule has 2 heterocycles. The maximum Gasteiger partial charge on any atom is 0.355 e. The van der Waals surface area contributed by atoms with Gasteiger partial charge in [0.15, 0.2) is 0 Å². The van der Waals surface area contributed by atoms with E-state index in [4.69, 9.17) is 0 Å². The summed E-state index contributed by atoms with van der Waals surface area (Å²) >= 11 is 3.32. The third kappa shape index (κ3) is 5.44. The van der Waals surface area contributed by atoms with Gasteiger partial charge in [0.1, 0.15) is 6.33 Å². The number of anilines is 2. The number of carbonyl (C=O) groups is 1. The summed E-state index contributed by atoms with van der Waals surface area (Å²) in [5.74, 6) is -0.296. The van der Waals surface area contributed by atoms with Crippen LogP contribution in [0, 0.1) is 10.1 Å². The van der Waals surface area contributed by atoms with E-state index in [-0.39, 0.29) is 17.3 Å². The molecule has 3 aromatic rings. The third-order valence-electron chi connectivity index (χ3n) is 5.32. The van der Waals surface area contributed by atoms with Crippen LogP contribution in [0.2, 0.25) is 0 Å². The number of nitro groups is 1. The van der Waals surface area contributed by atoms with Crippen molar-refractivity contribution in [2.45, 2.75) is 6.54 Å². The van der Waals surface area contributed by atoms with E-state index in [0.29, 0.717) is 23.1 Å². The molecule has 1 aliphatic rings. The standard InChI is InChI=1S/C22H22BrN7O3/c23-18-9-5-4-8-17(18)22(31)27-26-20-19(30(32)33)21(25-15-24-20)29-12-10-28(11-13-29)14-16-6-2-1-3-7-16/h1-9,15H,10-14H2,(H,27,31)(H,24,25,26). The van der Waals surface area contributed by atoms with Gasteiger partial charge in [0, 0.05) is 37.2 Å². The lowest BCUT2D eigenvalue weighted by Crippen LogP contribution is -2.46. The molecule has 0 aliphatic carbocycles. The number of hydrazine groups is 1. The summed E-state index contributed by atoms with van der Waals surface area (Å²) in [5, 5.41) is 11.9. The highest BCUT2D eigenvalue weighted by Crippen LogP contribution is 2.32. The van der Waals surface area contributed by atoms with Crippen LogP contribution in [0.3, 0.4) is 0 Å². The Kier molecular flexibility index (Phi) is 7.10. The smallest absolute Gasteiger partial charge is 0.348 e. The number of carbonyl (C=O) groups excluding carboxylic acids is 1. The molecule has 0 saturated carbocycles. The highest BCUT2D eigenvalue weighted by molar-refractivity contribution is 9.10. The molecule has 1 amide bonds. The van der Waals surface area contributed by atoms with Gasteiger partial charge in [-0.15, -0.1) is 0 Å². The van der Waals surface area contributed by atoms with E-state index in [1.165, 1.54) is 11.9 Å². The Hall–Kier alpha value is -3.57. The second kappa shape index (κ2) is 10.4. The van der Waals surface area contributed by atoms with Crippen LogP contribution in [0.15, 0.2) is 65.4 Å². The van der Waals surface area contributed by atoms with Crippen molar-refractivity contribution in [2.75, 3.05) is 36.5 Å². The quantitative estimate of drug-likeness (QED) is 0.366. The van der Waals surface area contributed by atoms with Crippen LogP contribution in [0.1, 0.15) is 15.9 Å². The molecule has 33 heavy (non-hydrogen) atoms. The monoisotopic (exact) mass is 511 g/mol. The van der Waals surface area contributed by atoms with Gasteiger partial charge in [-0.2, -0.15) is 0 Å². The van der Waals surface area contributed by atoms with Crippen LogP contribution in [-0.2, 0) is 6.54 Å². The normalized spacial score (nSPS) is 14.0. The zero-order valence-electron chi connectivity index (χ0n) is 17.6. The van der Waals surface area contributed by atoms with Gasteiger partial charge < -0.3 is 4.90 Å². The van der Waals surface area contributed by atoms with Crippen molar-refractivity contribution in [3.05, 3.63) is 86.6 Å². The van der Waals surface area contributed by atoms with Crippen molar-refractivity contribution < 1.29 is 9.72 Å². The predicted molar refractivity (Wildman–Crippen MR) is 128 cm³/mol. The van der Waals surface area contributed by atoms with E-state index in [2.05, 4.69) is 53.8 Å². The molecule has 11 heteroatoms. The molecule has 1 aromatic heterocycles. The molecule has 170 valence electrons. The Morgan fingerprint density at radius 1 is 1.03 bits per heavy atom. The average Bonchev–Trinajstić information content (AvgIpc) is 2.83. The summed E-state index contributed by atoms with van der Waals surface area (Å²) in [4.78, 5) is 36.2. The molecule has 0 radical (unpaired) electrons. The topological polar surface area (TPSA) is 117 Å². The lowest BCUT2D eigenvalue weighted by Gasteiger charge is -2.35. The molecule has 0 atom stereocenters. The molecule has 0 spiro atoms. The summed E-state index contributed by atoms with van der Waals surface area (Å²) in [6.07, 6.45) is 1.26. The van der Waals surface area contributed by atoms with E-state index in [0.717, 1.165) is 19.6 Å². The highest BCUT2D eigenvalue weighted by atomic mass is 79.9. The van der Waals surface area contributed by atoms with E-state index in [1.807, 2.05) is 23.1 Å². The van der Waals surface area contributed by atoms with Crippen LogP contribution < -0.4 is 15.8 Å². The van der Waals surface area contributed by atoms with Gasteiger partial charge in [-0.1, -0.05) is 42.5 Å². The summed E-state index contributed by atoms with van der Waals surface area (Å²) in [6.45, 7) is 3.50. The summed E-state index contributed by atoms with van der Waals surface area (Å²) in [5.41, 5.74) is 6.40. The van der Waals surface area contributed by atoms with E-state index in [1.54, 1.807) is 24.3 Å². The SMILES string of the molecule is O=C(NNc1ncnc(N2CCN(Cc3ccccc3)CC2)c1[N+](=O)[O-])c1ccccc1Br. The minimum atomic E-state index is -0.529. The van der Waals surface area contributed by atoms with Crippen molar-refractivity contribution in [3.63, 3.8) is 0 Å². The number of piperazine rings is 1. The summed E-state index contributed by atoms with van der Waals surface area (Å²) in [6, 6.07) is 17.1. The molecule has 1 saturated heterocycles. The van der Waals surface area contributed by atoms with E-state index >= 15 is 0 Å². The third-order valence-corrected chi connectivity index (χ3v) is 6.01. The molecule has 1 fully saturated rings. The van der Waals surface area contributed by atoms with Gasteiger partial charge in [-0.3, -0.25) is 30.7 Å². The Balaban J connectivity index is 1.45. The highest BCUT2D eigenvalue weighted by Gasteiger charge is 2.29. The molecule has 2 N–H and O–H groups in total. The van der Waals surface area contributed by atoms with Crippen LogP contribution >= 0.6 is 15.9 Å². The second-order valence-electron chi connectivity index (χ2n) is 7.46. The molecule has 0 bridgehead atoms. The fourth-order valence-corrected chi connectivity index (χ4v) is 4.11. The maximum atomic E-state index is 12.5. The maximum absolute atomic E-state index is 12.5. The number of halogens is 1. The van der Waals surface area contributed by atoms with Crippen molar-refractivity contribution in [1.29, 1.82) is 0 Å². The molecule has 4 rings (SSSR count). The predicted octanol–water partition coefficient (Wildman–Crippen LogP) is 3.23. The molecule has 2 aromatic carbocycles. The zero-order chi connectivity index (χ0) is 23.2. The molecule has 1 aliphatic heterocycles. The van der Waals surface area contributed by atoms with Crippen molar-refractivity contribution in [3.8, 4) is 0 Å². The van der Waals surface area contributed by atoms with E-state index in [9.17, 15) is 14.9 Å². The fraction of sp³-hybridized carbons (Fsp3) is 0.227. The Labute approximate surface area is 198 Å². The number of hydrogen-bond acceptors (Lipinski definition) is 8. The number of rotatable bonds is 7. The number of benzene rings is 2. The first-order chi connectivity index (χ1) is 16.0. The van der Waals surface area contributed by atoms with Crippen LogP contribution in [0.5, 0.6) is 0 Å². The minimum absolute atomic E-state index is 0.0721.